The SMILES string of the molecule is CNC1CCN(C(=O)c2cccc(OC(F)F)c2)CC1C. The van der Waals surface area contributed by atoms with Gasteiger partial charge in [0.1, 0.15) is 5.75 Å². The summed E-state index contributed by atoms with van der Waals surface area (Å²) >= 11 is 0. The quantitative estimate of drug-likeness (QED) is 0.928. The Bertz CT molecular complexity index is 496. The van der Waals surface area contributed by atoms with Crippen LogP contribution in [0.2, 0.25) is 0 Å². The molecule has 0 aromatic heterocycles. The zero-order chi connectivity index (χ0) is 15.4. The third kappa shape index (κ3) is 3.91. The molecule has 0 saturated carbocycles. The van der Waals surface area contributed by atoms with Crippen LogP contribution in [0.5, 0.6) is 5.75 Å². The number of piperidine rings is 1. The molecule has 2 atom stereocenters. The summed E-state index contributed by atoms with van der Waals surface area (Å²) < 4.78 is 28.8. The number of hydrogen-bond donors (Lipinski definition) is 1. The first kappa shape index (κ1) is 15.7. The van der Waals surface area contributed by atoms with E-state index in [9.17, 15) is 13.6 Å². The first-order valence-electron chi connectivity index (χ1n) is 7.02. The summed E-state index contributed by atoms with van der Waals surface area (Å²) in [5.41, 5.74) is 0.378. The molecule has 1 aromatic carbocycles. The van der Waals surface area contributed by atoms with Crippen molar-refractivity contribution in [3.63, 3.8) is 0 Å². The number of benzene rings is 1. The van der Waals surface area contributed by atoms with E-state index in [1.54, 1.807) is 17.0 Å². The van der Waals surface area contributed by atoms with E-state index in [0.717, 1.165) is 6.42 Å². The van der Waals surface area contributed by atoms with Crippen molar-refractivity contribution in [2.24, 2.45) is 5.92 Å². The predicted molar refractivity (Wildman–Crippen MR) is 75.6 cm³/mol. The van der Waals surface area contributed by atoms with Gasteiger partial charge in [0.25, 0.3) is 5.91 Å². The molecule has 2 rings (SSSR count). The molecule has 0 radical (unpaired) electrons. The number of halogens is 2. The van der Waals surface area contributed by atoms with E-state index in [0.29, 0.717) is 30.6 Å². The van der Waals surface area contributed by atoms with Gasteiger partial charge >= 0.3 is 6.61 Å². The lowest BCUT2D eigenvalue weighted by Gasteiger charge is -2.36. The Morgan fingerprint density at radius 1 is 1.48 bits per heavy atom. The van der Waals surface area contributed by atoms with E-state index >= 15 is 0 Å². The first-order valence-corrected chi connectivity index (χ1v) is 7.02. The minimum atomic E-state index is -2.89. The highest BCUT2D eigenvalue weighted by Crippen LogP contribution is 2.21. The molecule has 116 valence electrons. The Hall–Kier alpha value is -1.69. The fraction of sp³-hybridized carbons (Fsp3) is 0.533. The summed E-state index contributed by atoms with van der Waals surface area (Å²) in [6.07, 6.45) is 0.886. The number of nitrogens with one attached hydrogen (secondary N) is 1. The fourth-order valence-electron chi connectivity index (χ4n) is 2.75. The summed E-state index contributed by atoms with van der Waals surface area (Å²) in [5.74, 6) is 0.221. The van der Waals surface area contributed by atoms with Crippen LogP contribution >= 0.6 is 0 Å². The van der Waals surface area contributed by atoms with E-state index in [1.165, 1.54) is 12.1 Å². The molecule has 4 nitrogen and oxygen atoms in total. The Labute approximate surface area is 123 Å². The summed E-state index contributed by atoms with van der Waals surface area (Å²) in [6, 6.07) is 6.36. The van der Waals surface area contributed by atoms with Crippen LogP contribution in [-0.2, 0) is 0 Å². The highest BCUT2D eigenvalue weighted by Gasteiger charge is 2.28. The van der Waals surface area contributed by atoms with Crippen molar-refractivity contribution in [3.8, 4) is 5.75 Å². The molecule has 1 fully saturated rings. The molecule has 1 aliphatic rings. The van der Waals surface area contributed by atoms with Gasteiger partial charge in [-0.3, -0.25) is 4.79 Å². The molecule has 21 heavy (non-hydrogen) atoms. The van der Waals surface area contributed by atoms with Gasteiger partial charge in [-0.15, -0.1) is 0 Å². The highest BCUT2D eigenvalue weighted by molar-refractivity contribution is 5.94. The fourth-order valence-corrected chi connectivity index (χ4v) is 2.75. The van der Waals surface area contributed by atoms with E-state index in [-0.39, 0.29) is 11.7 Å². The van der Waals surface area contributed by atoms with E-state index in [2.05, 4.69) is 17.0 Å². The number of carbonyl (C=O) groups is 1. The third-order valence-corrected chi connectivity index (χ3v) is 3.87. The van der Waals surface area contributed by atoms with E-state index in [1.807, 2.05) is 7.05 Å². The molecule has 0 bridgehead atoms. The zero-order valence-electron chi connectivity index (χ0n) is 12.2. The monoisotopic (exact) mass is 298 g/mol. The molecule has 1 heterocycles. The smallest absolute Gasteiger partial charge is 0.387 e. The van der Waals surface area contributed by atoms with Crippen LogP contribution in [0, 0.1) is 5.92 Å². The van der Waals surface area contributed by atoms with Crippen molar-refractivity contribution < 1.29 is 18.3 Å². The molecule has 1 amide bonds. The lowest BCUT2D eigenvalue weighted by atomic mass is 9.93. The maximum Gasteiger partial charge on any atom is 0.387 e. The largest absolute Gasteiger partial charge is 0.435 e. The number of carbonyl (C=O) groups excluding carboxylic acids is 1. The number of rotatable bonds is 4. The van der Waals surface area contributed by atoms with Gasteiger partial charge < -0.3 is 15.0 Å². The number of alkyl halides is 2. The van der Waals surface area contributed by atoms with Gasteiger partial charge in [-0.25, -0.2) is 0 Å². The van der Waals surface area contributed by atoms with Crippen LogP contribution in [0.4, 0.5) is 8.78 Å². The van der Waals surface area contributed by atoms with Crippen molar-refractivity contribution in [2.75, 3.05) is 20.1 Å². The summed E-state index contributed by atoms with van der Waals surface area (Å²) in [5, 5.41) is 3.24. The van der Waals surface area contributed by atoms with Crippen LogP contribution in [0.3, 0.4) is 0 Å². The van der Waals surface area contributed by atoms with Gasteiger partial charge in [0, 0.05) is 24.7 Å². The van der Waals surface area contributed by atoms with Crippen molar-refractivity contribution in [1.82, 2.24) is 10.2 Å². The lowest BCUT2D eigenvalue weighted by molar-refractivity contribution is -0.0499. The second kappa shape index (κ2) is 6.85. The average molecular weight is 298 g/mol. The molecule has 1 aromatic rings. The molecule has 0 spiro atoms. The van der Waals surface area contributed by atoms with Crippen LogP contribution in [0.25, 0.3) is 0 Å². The van der Waals surface area contributed by atoms with Crippen molar-refractivity contribution in [2.45, 2.75) is 26.0 Å². The molecule has 6 heteroatoms. The van der Waals surface area contributed by atoms with Gasteiger partial charge in [-0.1, -0.05) is 13.0 Å². The summed E-state index contributed by atoms with van der Waals surface area (Å²) in [6.45, 7) is 0.525. The second-order valence-corrected chi connectivity index (χ2v) is 5.32. The second-order valence-electron chi connectivity index (χ2n) is 5.32. The third-order valence-electron chi connectivity index (χ3n) is 3.87. The minimum absolute atomic E-state index is 0.00834. The standard InChI is InChI=1S/C15H20F2N2O2/c1-10-9-19(7-6-13(10)18-2)14(20)11-4-3-5-12(8-11)21-15(16)17/h3-5,8,10,13,15,18H,6-7,9H2,1-2H3. The normalized spacial score (nSPS) is 22.4. The average Bonchev–Trinajstić information content (AvgIpc) is 2.46. The minimum Gasteiger partial charge on any atom is -0.435 e. The molecule has 1 saturated heterocycles. The molecule has 1 N–H and O–H groups in total. The Morgan fingerprint density at radius 2 is 2.24 bits per heavy atom. The van der Waals surface area contributed by atoms with Gasteiger partial charge in [-0.2, -0.15) is 8.78 Å². The Balaban J connectivity index is 2.06. The molecular formula is C15H20F2N2O2. The van der Waals surface area contributed by atoms with E-state index < -0.39 is 6.61 Å². The van der Waals surface area contributed by atoms with E-state index in [4.69, 9.17) is 0 Å². The van der Waals surface area contributed by atoms with Gasteiger partial charge in [0.15, 0.2) is 0 Å². The van der Waals surface area contributed by atoms with Crippen LogP contribution < -0.4 is 10.1 Å². The number of ether oxygens (including phenoxy) is 1. The van der Waals surface area contributed by atoms with Crippen LogP contribution in [-0.4, -0.2) is 43.6 Å². The van der Waals surface area contributed by atoms with Crippen molar-refractivity contribution in [1.29, 1.82) is 0 Å². The summed E-state index contributed by atoms with van der Waals surface area (Å²) in [4.78, 5) is 14.2. The molecular weight excluding hydrogens is 278 g/mol. The topological polar surface area (TPSA) is 41.6 Å². The number of hydrogen-bond acceptors (Lipinski definition) is 3. The maximum absolute atomic E-state index is 12.4. The van der Waals surface area contributed by atoms with Gasteiger partial charge in [0.2, 0.25) is 0 Å². The van der Waals surface area contributed by atoms with Gasteiger partial charge in [0.05, 0.1) is 0 Å². The summed E-state index contributed by atoms with van der Waals surface area (Å²) in [7, 11) is 1.92. The van der Waals surface area contributed by atoms with Crippen LogP contribution in [0.1, 0.15) is 23.7 Å². The maximum atomic E-state index is 12.4. The molecule has 2 unspecified atom stereocenters. The number of amides is 1. The van der Waals surface area contributed by atoms with Crippen molar-refractivity contribution >= 4 is 5.91 Å². The first-order chi connectivity index (χ1) is 10.0. The molecule has 1 aliphatic heterocycles. The Morgan fingerprint density at radius 3 is 2.86 bits per heavy atom. The van der Waals surface area contributed by atoms with Crippen LogP contribution in [0.15, 0.2) is 24.3 Å². The number of likely N-dealkylation sites (tertiary alicyclic amines) is 1. The zero-order valence-corrected chi connectivity index (χ0v) is 12.2. The predicted octanol–water partition coefficient (Wildman–Crippen LogP) is 2.36. The molecule has 0 aliphatic carbocycles. The van der Waals surface area contributed by atoms with Crippen molar-refractivity contribution in [3.05, 3.63) is 29.8 Å². The Kier molecular flexibility index (Phi) is 5.12. The lowest BCUT2D eigenvalue weighted by Crippen LogP contribution is -2.49. The number of nitrogens with zero attached hydrogens (tertiary/aromatic N) is 1. The van der Waals surface area contributed by atoms with Gasteiger partial charge in [-0.05, 0) is 37.6 Å². The highest BCUT2D eigenvalue weighted by atomic mass is 19.3.